The van der Waals surface area contributed by atoms with E-state index in [-0.39, 0.29) is 18.4 Å². The van der Waals surface area contributed by atoms with Crippen LogP contribution in [0.25, 0.3) is 5.65 Å². The van der Waals surface area contributed by atoms with Crippen LogP contribution in [0.5, 0.6) is 0 Å². The molecule has 1 fully saturated rings. The van der Waals surface area contributed by atoms with Crippen LogP contribution in [0, 0.1) is 6.92 Å². The van der Waals surface area contributed by atoms with E-state index in [9.17, 15) is 9.90 Å². The Morgan fingerprint density at radius 3 is 3.07 bits per heavy atom. The number of pyridine rings is 1. The summed E-state index contributed by atoms with van der Waals surface area (Å²) < 4.78 is 1.92. The van der Waals surface area contributed by atoms with Gasteiger partial charge in [0.2, 0.25) is 5.91 Å². The van der Waals surface area contributed by atoms with E-state index in [1.807, 2.05) is 40.8 Å². The van der Waals surface area contributed by atoms with Crippen molar-refractivity contribution < 1.29 is 9.90 Å². The first-order valence-electron chi connectivity index (χ1n) is 9.21. The van der Waals surface area contributed by atoms with E-state index in [0.29, 0.717) is 31.1 Å². The van der Waals surface area contributed by atoms with E-state index < -0.39 is 6.10 Å². The lowest BCUT2D eigenvalue weighted by molar-refractivity contribution is -0.120. The van der Waals surface area contributed by atoms with Crippen LogP contribution in [-0.2, 0) is 11.2 Å². The second kappa shape index (κ2) is 7.43. The van der Waals surface area contributed by atoms with Crippen LogP contribution in [0.4, 0.5) is 11.6 Å². The molecule has 1 amide bonds. The maximum atomic E-state index is 12.4. The van der Waals surface area contributed by atoms with Crippen molar-refractivity contribution in [3.8, 4) is 0 Å². The highest BCUT2D eigenvalue weighted by molar-refractivity contribution is 5.78. The molecule has 146 valence electrons. The van der Waals surface area contributed by atoms with Gasteiger partial charge in [-0.1, -0.05) is 6.07 Å². The standard InChI is InChI=1S/C19H23N7O2/c1-12-3-2-4-25-9-13(24-19(12)25)5-18(28)21-8-14-6-15(27)10-26(14)17-7-16(20)22-11-23-17/h2-4,7,9,11,14-15,27H,5-6,8,10H2,1H3,(H,21,28)(H2,20,22,23)/t14-,15-/m1/s1. The Kier molecular flexibility index (Phi) is 4.82. The second-order valence-corrected chi connectivity index (χ2v) is 7.13. The predicted octanol–water partition coefficient (Wildman–Crippen LogP) is 0.313. The summed E-state index contributed by atoms with van der Waals surface area (Å²) in [6.07, 6.45) is 5.48. The van der Waals surface area contributed by atoms with Gasteiger partial charge in [0.15, 0.2) is 0 Å². The van der Waals surface area contributed by atoms with Crippen molar-refractivity contribution in [2.24, 2.45) is 0 Å². The number of aliphatic hydroxyl groups excluding tert-OH is 1. The van der Waals surface area contributed by atoms with Crippen LogP contribution in [-0.4, -0.2) is 55.6 Å². The van der Waals surface area contributed by atoms with Gasteiger partial charge in [-0.3, -0.25) is 4.79 Å². The summed E-state index contributed by atoms with van der Waals surface area (Å²) in [4.78, 5) is 27.0. The van der Waals surface area contributed by atoms with Gasteiger partial charge in [-0.2, -0.15) is 0 Å². The Bertz CT molecular complexity index is 1000. The van der Waals surface area contributed by atoms with Crippen LogP contribution in [0.2, 0.25) is 0 Å². The number of aryl methyl sites for hydroxylation is 1. The maximum absolute atomic E-state index is 12.4. The van der Waals surface area contributed by atoms with Crippen molar-refractivity contribution in [2.75, 3.05) is 23.7 Å². The van der Waals surface area contributed by atoms with Crippen molar-refractivity contribution in [2.45, 2.75) is 31.9 Å². The molecule has 1 aliphatic heterocycles. The first kappa shape index (κ1) is 18.2. The number of amides is 1. The second-order valence-electron chi connectivity index (χ2n) is 7.13. The van der Waals surface area contributed by atoms with Gasteiger partial charge in [0.25, 0.3) is 0 Å². The molecule has 0 radical (unpaired) electrons. The van der Waals surface area contributed by atoms with Gasteiger partial charge in [0, 0.05) is 31.5 Å². The Morgan fingerprint density at radius 2 is 2.29 bits per heavy atom. The normalized spacial score (nSPS) is 19.3. The number of nitrogen functional groups attached to an aromatic ring is 1. The summed E-state index contributed by atoms with van der Waals surface area (Å²) in [7, 11) is 0. The number of β-amino-alcohol motifs (C(OH)–C–C–N with tert-alkyl or cyclic N) is 1. The van der Waals surface area contributed by atoms with E-state index in [0.717, 1.165) is 16.9 Å². The molecule has 4 rings (SSSR count). The Morgan fingerprint density at radius 1 is 1.43 bits per heavy atom. The van der Waals surface area contributed by atoms with E-state index in [1.54, 1.807) is 6.07 Å². The number of nitrogens with two attached hydrogens (primary N) is 1. The third-order valence-corrected chi connectivity index (χ3v) is 4.96. The summed E-state index contributed by atoms with van der Waals surface area (Å²) in [6.45, 7) is 2.85. The summed E-state index contributed by atoms with van der Waals surface area (Å²) in [5.74, 6) is 0.917. The topological polar surface area (TPSA) is 122 Å². The minimum absolute atomic E-state index is 0.0587. The summed E-state index contributed by atoms with van der Waals surface area (Å²) >= 11 is 0. The average molecular weight is 381 g/mol. The fourth-order valence-corrected chi connectivity index (χ4v) is 3.63. The first-order chi connectivity index (χ1) is 13.5. The number of carbonyl (C=O) groups is 1. The van der Waals surface area contributed by atoms with Crippen LogP contribution in [0.1, 0.15) is 17.7 Å². The van der Waals surface area contributed by atoms with E-state index in [4.69, 9.17) is 5.73 Å². The summed E-state index contributed by atoms with van der Waals surface area (Å²) in [5, 5.41) is 13.0. The van der Waals surface area contributed by atoms with Crippen molar-refractivity contribution in [3.05, 3.63) is 48.2 Å². The van der Waals surface area contributed by atoms with Crippen LogP contribution in [0.15, 0.2) is 36.9 Å². The van der Waals surface area contributed by atoms with Crippen molar-refractivity contribution in [1.82, 2.24) is 24.7 Å². The molecule has 28 heavy (non-hydrogen) atoms. The van der Waals surface area contributed by atoms with Crippen molar-refractivity contribution in [1.29, 1.82) is 0 Å². The van der Waals surface area contributed by atoms with Crippen LogP contribution < -0.4 is 16.0 Å². The lowest BCUT2D eigenvalue weighted by atomic mass is 10.2. The molecule has 0 saturated carbocycles. The highest BCUT2D eigenvalue weighted by atomic mass is 16.3. The Labute approximate surface area is 162 Å². The van der Waals surface area contributed by atoms with Gasteiger partial charge in [-0.25, -0.2) is 15.0 Å². The molecular formula is C19H23N7O2. The van der Waals surface area contributed by atoms with E-state index in [2.05, 4.69) is 20.3 Å². The number of nitrogens with zero attached hydrogens (tertiary/aromatic N) is 5. The molecular weight excluding hydrogens is 358 g/mol. The molecule has 0 bridgehead atoms. The third kappa shape index (κ3) is 3.74. The molecule has 1 saturated heterocycles. The number of rotatable bonds is 5. The van der Waals surface area contributed by atoms with Gasteiger partial charge in [-0.05, 0) is 25.0 Å². The molecule has 0 unspecified atom stereocenters. The van der Waals surface area contributed by atoms with Crippen molar-refractivity contribution >= 4 is 23.2 Å². The Hall–Kier alpha value is -3.20. The molecule has 0 aliphatic carbocycles. The average Bonchev–Trinajstić information content (AvgIpc) is 3.24. The third-order valence-electron chi connectivity index (χ3n) is 4.96. The molecule has 2 atom stereocenters. The molecule has 4 heterocycles. The SMILES string of the molecule is Cc1cccn2cc(CC(=O)NC[C@H]3C[C@@H](O)CN3c3cc(N)ncn3)nc12. The van der Waals surface area contributed by atoms with Crippen LogP contribution >= 0.6 is 0 Å². The van der Waals surface area contributed by atoms with Gasteiger partial charge in [0.1, 0.15) is 23.6 Å². The number of nitrogens with one attached hydrogen (secondary N) is 1. The van der Waals surface area contributed by atoms with E-state index >= 15 is 0 Å². The van der Waals surface area contributed by atoms with Gasteiger partial charge in [-0.15, -0.1) is 0 Å². The highest BCUT2D eigenvalue weighted by Crippen LogP contribution is 2.24. The molecule has 3 aromatic heterocycles. The van der Waals surface area contributed by atoms with Gasteiger partial charge < -0.3 is 25.5 Å². The fourth-order valence-electron chi connectivity index (χ4n) is 3.63. The summed E-state index contributed by atoms with van der Waals surface area (Å²) in [6, 6.07) is 5.56. The van der Waals surface area contributed by atoms with Gasteiger partial charge in [0.05, 0.1) is 24.3 Å². The lowest BCUT2D eigenvalue weighted by Gasteiger charge is -2.25. The quantitative estimate of drug-likeness (QED) is 0.581. The highest BCUT2D eigenvalue weighted by Gasteiger charge is 2.32. The van der Waals surface area contributed by atoms with Crippen LogP contribution in [0.3, 0.4) is 0 Å². The number of hydrogen-bond donors (Lipinski definition) is 3. The zero-order valence-electron chi connectivity index (χ0n) is 15.6. The zero-order valence-corrected chi connectivity index (χ0v) is 15.6. The number of aromatic nitrogens is 4. The largest absolute Gasteiger partial charge is 0.391 e. The molecule has 9 nitrogen and oxygen atoms in total. The molecule has 0 aromatic carbocycles. The number of carbonyl (C=O) groups excluding carboxylic acids is 1. The maximum Gasteiger partial charge on any atom is 0.226 e. The van der Waals surface area contributed by atoms with Gasteiger partial charge >= 0.3 is 0 Å². The fraction of sp³-hybridized carbons (Fsp3) is 0.368. The monoisotopic (exact) mass is 381 g/mol. The number of imidazole rings is 1. The number of aliphatic hydroxyl groups is 1. The molecule has 4 N–H and O–H groups in total. The van der Waals surface area contributed by atoms with Crippen molar-refractivity contribution in [3.63, 3.8) is 0 Å². The number of hydrogen-bond acceptors (Lipinski definition) is 7. The lowest BCUT2D eigenvalue weighted by Crippen LogP contribution is -2.41. The molecule has 1 aliphatic rings. The minimum atomic E-state index is -0.473. The molecule has 9 heteroatoms. The van der Waals surface area contributed by atoms with E-state index in [1.165, 1.54) is 6.33 Å². The summed E-state index contributed by atoms with van der Waals surface area (Å²) in [5.41, 5.74) is 8.38. The smallest absolute Gasteiger partial charge is 0.226 e. The molecule has 0 spiro atoms. The predicted molar refractivity (Wildman–Crippen MR) is 105 cm³/mol. The minimum Gasteiger partial charge on any atom is -0.391 e. The molecule has 3 aromatic rings. The Balaban J connectivity index is 1.39. The number of fused-ring (bicyclic) bond motifs is 1. The zero-order chi connectivity index (χ0) is 19.7. The first-order valence-corrected chi connectivity index (χ1v) is 9.21. The number of anilines is 2.